The van der Waals surface area contributed by atoms with Crippen LogP contribution < -0.4 is 11.1 Å². The van der Waals surface area contributed by atoms with Crippen molar-refractivity contribution in [2.75, 3.05) is 11.1 Å². The number of rotatable bonds is 2. The molecule has 0 aliphatic heterocycles. The number of nitrogens with two attached hydrogens (primary N) is 1. The molecule has 0 unspecified atom stereocenters. The maximum atomic E-state index is 12.8. The molecule has 0 aromatic carbocycles. The monoisotopic (exact) mass is 246 g/mol. The van der Waals surface area contributed by atoms with E-state index in [1.54, 1.807) is 0 Å². The van der Waals surface area contributed by atoms with Gasteiger partial charge in [0.25, 0.3) is 0 Å². The Labute approximate surface area is 103 Å². The molecule has 2 rings (SSSR count). The first-order valence-corrected chi connectivity index (χ1v) is 5.21. The topological polar surface area (TPSA) is 80.9 Å². The van der Waals surface area contributed by atoms with E-state index in [-0.39, 0.29) is 5.91 Å². The van der Waals surface area contributed by atoms with Crippen molar-refractivity contribution in [1.29, 1.82) is 0 Å². The van der Waals surface area contributed by atoms with Gasteiger partial charge in [0, 0.05) is 30.4 Å². The van der Waals surface area contributed by atoms with Gasteiger partial charge in [-0.2, -0.15) is 0 Å². The second-order valence-electron chi connectivity index (χ2n) is 3.70. The summed E-state index contributed by atoms with van der Waals surface area (Å²) in [6, 6.07) is 4.34. The summed E-state index contributed by atoms with van der Waals surface area (Å²) in [7, 11) is 0. The molecule has 5 nitrogen and oxygen atoms in total. The first kappa shape index (κ1) is 12.0. The summed E-state index contributed by atoms with van der Waals surface area (Å²) >= 11 is 0. The molecule has 3 N–H and O–H groups in total. The van der Waals surface area contributed by atoms with Gasteiger partial charge in [-0.25, -0.2) is 9.37 Å². The fraction of sp³-hybridized carbons (Fsp3) is 0.0833. The van der Waals surface area contributed by atoms with Crippen molar-refractivity contribution in [1.82, 2.24) is 9.97 Å². The number of aromatic nitrogens is 2. The summed E-state index contributed by atoms with van der Waals surface area (Å²) in [5, 5.41) is 2.52. The lowest BCUT2D eigenvalue weighted by atomic mass is 10.1. The number of anilines is 2. The summed E-state index contributed by atoms with van der Waals surface area (Å²) in [5.74, 6) is -0.277. The van der Waals surface area contributed by atoms with Crippen molar-refractivity contribution < 1.29 is 9.18 Å². The highest BCUT2D eigenvalue weighted by Crippen LogP contribution is 2.25. The molecule has 2 heterocycles. The lowest BCUT2D eigenvalue weighted by Crippen LogP contribution is -2.08. The third-order valence-corrected chi connectivity index (χ3v) is 2.24. The fourth-order valence-corrected chi connectivity index (χ4v) is 1.47. The largest absolute Gasteiger partial charge is 0.398 e. The van der Waals surface area contributed by atoms with Crippen LogP contribution in [0, 0.1) is 5.82 Å². The van der Waals surface area contributed by atoms with Crippen molar-refractivity contribution in [3.05, 3.63) is 36.4 Å². The van der Waals surface area contributed by atoms with Gasteiger partial charge in [0.15, 0.2) is 0 Å². The lowest BCUT2D eigenvalue weighted by Gasteiger charge is -2.07. The SMILES string of the molecule is CC(=O)Nc1cc(N)c(-c2ccc(F)cn2)cn1. The fourth-order valence-electron chi connectivity index (χ4n) is 1.47. The molecule has 6 heteroatoms. The van der Waals surface area contributed by atoms with Crippen LogP contribution in [0.25, 0.3) is 11.3 Å². The number of halogens is 1. The summed E-state index contributed by atoms with van der Waals surface area (Å²) in [4.78, 5) is 18.8. The minimum Gasteiger partial charge on any atom is -0.398 e. The smallest absolute Gasteiger partial charge is 0.222 e. The third kappa shape index (κ3) is 2.60. The number of carbonyl (C=O) groups excluding carboxylic acids is 1. The number of nitrogens with zero attached hydrogens (tertiary/aromatic N) is 2. The van der Waals surface area contributed by atoms with Crippen LogP contribution in [-0.4, -0.2) is 15.9 Å². The van der Waals surface area contributed by atoms with Crippen molar-refractivity contribution in [2.24, 2.45) is 0 Å². The predicted molar refractivity (Wildman–Crippen MR) is 66.1 cm³/mol. The van der Waals surface area contributed by atoms with E-state index in [4.69, 9.17) is 5.73 Å². The van der Waals surface area contributed by atoms with Crippen LogP contribution in [0.4, 0.5) is 15.9 Å². The van der Waals surface area contributed by atoms with Crippen LogP contribution in [0.1, 0.15) is 6.92 Å². The Hall–Kier alpha value is -2.50. The zero-order valence-electron chi connectivity index (χ0n) is 9.64. The zero-order valence-corrected chi connectivity index (χ0v) is 9.64. The first-order chi connectivity index (χ1) is 8.56. The van der Waals surface area contributed by atoms with Crippen LogP contribution in [0.3, 0.4) is 0 Å². The summed E-state index contributed by atoms with van der Waals surface area (Å²) < 4.78 is 12.8. The van der Waals surface area contributed by atoms with Crippen molar-refractivity contribution in [3.8, 4) is 11.3 Å². The molecular weight excluding hydrogens is 235 g/mol. The minimum atomic E-state index is -0.417. The molecule has 0 radical (unpaired) electrons. The molecule has 0 atom stereocenters. The van der Waals surface area contributed by atoms with E-state index in [1.165, 1.54) is 31.3 Å². The summed E-state index contributed by atoms with van der Waals surface area (Å²) in [6.45, 7) is 1.38. The Morgan fingerprint density at radius 1 is 1.33 bits per heavy atom. The molecule has 0 aliphatic rings. The van der Waals surface area contributed by atoms with Gasteiger partial charge >= 0.3 is 0 Å². The molecule has 0 saturated carbocycles. The Morgan fingerprint density at radius 3 is 2.67 bits per heavy atom. The van der Waals surface area contributed by atoms with Crippen LogP contribution in [0.2, 0.25) is 0 Å². The Bertz CT molecular complexity index is 583. The van der Waals surface area contributed by atoms with Gasteiger partial charge in [0.05, 0.1) is 11.9 Å². The highest BCUT2D eigenvalue weighted by atomic mass is 19.1. The van der Waals surface area contributed by atoms with Gasteiger partial charge < -0.3 is 11.1 Å². The average molecular weight is 246 g/mol. The maximum absolute atomic E-state index is 12.8. The lowest BCUT2D eigenvalue weighted by molar-refractivity contribution is -0.114. The molecule has 0 saturated heterocycles. The van der Waals surface area contributed by atoms with E-state index < -0.39 is 5.82 Å². The van der Waals surface area contributed by atoms with Gasteiger partial charge in [-0.1, -0.05) is 0 Å². The number of hydrogen-bond acceptors (Lipinski definition) is 4. The van der Waals surface area contributed by atoms with E-state index in [0.717, 1.165) is 6.20 Å². The maximum Gasteiger partial charge on any atom is 0.222 e. The number of carbonyl (C=O) groups is 1. The van der Waals surface area contributed by atoms with E-state index in [1.807, 2.05) is 0 Å². The Kier molecular flexibility index (Phi) is 3.18. The van der Waals surface area contributed by atoms with Crippen LogP contribution in [0.15, 0.2) is 30.6 Å². The van der Waals surface area contributed by atoms with Gasteiger partial charge in [-0.05, 0) is 12.1 Å². The van der Waals surface area contributed by atoms with Crippen molar-refractivity contribution in [2.45, 2.75) is 6.92 Å². The minimum absolute atomic E-state index is 0.227. The summed E-state index contributed by atoms with van der Waals surface area (Å²) in [5.41, 5.74) is 7.36. The molecule has 0 aliphatic carbocycles. The van der Waals surface area contributed by atoms with Gasteiger partial charge in [-0.3, -0.25) is 9.78 Å². The second-order valence-corrected chi connectivity index (χ2v) is 3.70. The third-order valence-electron chi connectivity index (χ3n) is 2.24. The molecule has 2 aromatic rings. The number of nitrogen functional groups attached to an aromatic ring is 1. The number of pyridine rings is 2. The quantitative estimate of drug-likeness (QED) is 0.846. The van der Waals surface area contributed by atoms with E-state index in [0.29, 0.717) is 22.8 Å². The normalized spacial score (nSPS) is 10.1. The average Bonchev–Trinajstić information content (AvgIpc) is 2.30. The Morgan fingerprint density at radius 2 is 2.11 bits per heavy atom. The molecule has 0 bridgehead atoms. The molecule has 1 amide bonds. The highest BCUT2D eigenvalue weighted by Gasteiger charge is 2.07. The van der Waals surface area contributed by atoms with Crippen LogP contribution >= 0.6 is 0 Å². The molecule has 0 spiro atoms. The molecule has 18 heavy (non-hydrogen) atoms. The molecule has 2 aromatic heterocycles. The van der Waals surface area contributed by atoms with E-state index in [9.17, 15) is 9.18 Å². The summed E-state index contributed by atoms with van der Waals surface area (Å²) in [6.07, 6.45) is 2.59. The zero-order chi connectivity index (χ0) is 13.1. The van der Waals surface area contributed by atoms with Gasteiger partial charge in [-0.15, -0.1) is 0 Å². The standard InChI is InChI=1S/C12H11FN4O/c1-7(18)17-12-4-10(14)9(6-16-12)11-3-2-8(13)5-15-11/h2-6H,1H3,(H3,14,16,17,18). The van der Waals surface area contributed by atoms with E-state index >= 15 is 0 Å². The number of amides is 1. The Balaban J connectivity index is 2.35. The second kappa shape index (κ2) is 4.79. The van der Waals surface area contributed by atoms with Crippen LogP contribution in [0.5, 0.6) is 0 Å². The molecule has 92 valence electrons. The van der Waals surface area contributed by atoms with Gasteiger partial charge in [0.1, 0.15) is 11.6 Å². The first-order valence-electron chi connectivity index (χ1n) is 5.21. The predicted octanol–water partition coefficient (Wildman–Crippen LogP) is 1.82. The van der Waals surface area contributed by atoms with Gasteiger partial charge in [0.2, 0.25) is 5.91 Å². The molecular formula is C12H11FN4O. The number of hydrogen-bond donors (Lipinski definition) is 2. The van der Waals surface area contributed by atoms with Crippen molar-refractivity contribution in [3.63, 3.8) is 0 Å². The van der Waals surface area contributed by atoms with E-state index in [2.05, 4.69) is 15.3 Å². The van der Waals surface area contributed by atoms with Crippen molar-refractivity contribution >= 4 is 17.4 Å². The van der Waals surface area contributed by atoms with Crippen LogP contribution in [-0.2, 0) is 4.79 Å². The molecule has 0 fully saturated rings. The number of nitrogens with one attached hydrogen (secondary N) is 1. The highest BCUT2D eigenvalue weighted by molar-refractivity contribution is 5.89.